The van der Waals surface area contributed by atoms with Gasteiger partial charge in [0.2, 0.25) is 0 Å². The predicted molar refractivity (Wildman–Crippen MR) is 272 cm³/mol. The van der Waals surface area contributed by atoms with Gasteiger partial charge in [-0.1, -0.05) is 111 Å². The molecule has 6 aromatic carbocycles. The molecule has 0 amide bonds. The number of para-hydroxylation sites is 2. The zero-order valence-electron chi connectivity index (χ0n) is 38.8. The third kappa shape index (κ3) is 10.2. The quantitative estimate of drug-likeness (QED) is 0.141. The molecule has 0 saturated heterocycles. The molecule has 334 valence electrons. The Balaban J connectivity index is 0.000000168. The fourth-order valence-electron chi connectivity index (χ4n) is 9.21. The van der Waals surface area contributed by atoms with Crippen molar-refractivity contribution in [2.45, 2.75) is 45.4 Å². The van der Waals surface area contributed by atoms with Crippen LogP contribution in [-0.4, -0.2) is 38.4 Å². The van der Waals surface area contributed by atoms with Gasteiger partial charge in [-0.15, -0.1) is 71.0 Å². The van der Waals surface area contributed by atoms with Crippen molar-refractivity contribution in [1.29, 1.82) is 0 Å². The van der Waals surface area contributed by atoms with Gasteiger partial charge in [-0.05, 0) is 133 Å². The van der Waals surface area contributed by atoms with Crippen LogP contribution >= 0.6 is 0 Å². The van der Waals surface area contributed by atoms with E-state index in [1.165, 1.54) is 53.5 Å². The Kier molecular flexibility index (Phi) is 13.3. The van der Waals surface area contributed by atoms with Gasteiger partial charge in [-0.25, -0.2) is 4.98 Å². The Morgan fingerprint density at radius 2 is 1.09 bits per heavy atom. The second-order valence-corrected chi connectivity index (χ2v) is 18.5. The van der Waals surface area contributed by atoms with E-state index in [1.807, 2.05) is 92.4 Å². The molecule has 8 aromatic rings. The Morgan fingerprint density at radius 1 is 0.552 bits per heavy atom. The van der Waals surface area contributed by atoms with Crippen LogP contribution in [0.3, 0.4) is 0 Å². The number of hydrogen-bond donors (Lipinski definition) is 0. The zero-order chi connectivity index (χ0) is 45.2. The van der Waals surface area contributed by atoms with Crippen molar-refractivity contribution in [3.63, 3.8) is 0 Å². The van der Waals surface area contributed by atoms with E-state index in [4.69, 9.17) is 9.97 Å². The summed E-state index contributed by atoms with van der Waals surface area (Å²) in [5.41, 5.74) is 16.0. The van der Waals surface area contributed by atoms with Gasteiger partial charge in [0.15, 0.2) is 5.82 Å². The van der Waals surface area contributed by atoms with Crippen LogP contribution < -0.4 is 9.80 Å². The number of fused-ring (bicyclic) bond motifs is 1. The minimum atomic E-state index is 0. The Labute approximate surface area is 409 Å². The van der Waals surface area contributed by atoms with Crippen LogP contribution in [-0.2, 0) is 26.8 Å². The normalized spacial score (nSPS) is 15.5. The number of aromatic nitrogens is 3. The first-order valence-corrected chi connectivity index (χ1v) is 22.9. The maximum Gasteiger partial charge on any atom is 4.00 e. The summed E-state index contributed by atoms with van der Waals surface area (Å²) in [6.07, 6.45) is 13.3. The summed E-state index contributed by atoms with van der Waals surface area (Å²) >= 11 is 0. The average molecular weight is 1050 g/mol. The molecule has 2 aliphatic heterocycles. The molecule has 0 bridgehead atoms. The van der Waals surface area contributed by atoms with Gasteiger partial charge >= 0.3 is 19.8 Å². The van der Waals surface area contributed by atoms with Crippen LogP contribution in [0, 0.1) is 30.9 Å². The largest absolute Gasteiger partial charge is 4.00 e. The molecule has 7 nitrogen and oxygen atoms in total. The van der Waals surface area contributed by atoms with Crippen LogP contribution in [0.1, 0.15) is 51.0 Å². The summed E-state index contributed by atoms with van der Waals surface area (Å²) < 4.78 is 2.13. The molecular weight excluding hydrogens is 997 g/mol. The number of anilines is 2. The molecule has 0 N–H and O–H groups in total. The van der Waals surface area contributed by atoms with Crippen molar-refractivity contribution in [2.75, 3.05) is 23.9 Å². The van der Waals surface area contributed by atoms with Crippen LogP contribution in [0.2, 0.25) is 0 Å². The molecule has 3 aliphatic rings. The summed E-state index contributed by atoms with van der Waals surface area (Å²) in [7, 11) is 6.11. The van der Waals surface area contributed by atoms with Crippen LogP contribution in [0.5, 0.6) is 0 Å². The van der Waals surface area contributed by atoms with Crippen LogP contribution in [0.15, 0.2) is 176 Å². The zero-order valence-corrected chi connectivity index (χ0v) is 41.3. The van der Waals surface area contributed by atoms with Crippen molar-refractivity contribution >= 4 is 22.4 Å². The number of nitrogens with zero attached hydrogens (tertiary/aromatic N) is 7. The van der Waals surface area contributed by atoms with Gasteiger partial charge in [-0.2, -0.15) is 13.3 Å². The van der Waals surface area contributed by atoms with Crippen LogP contribution in [0.25, 0.3) is 67.2 Å². The SMILES string of the molecule is CN1C=CN(c2[c-]c(N3C=CN(C)[CH-]3)cc(-c3ccc(-c4ccccc4)cc3)c2)[CH-]1.Cn1c(-c2cc(-c3ccc(C4CCC(C)(C)CC4)cc3)cc(-c3[c-]cccc3)n2)nc2ccccc21.[Os+4]. The van der Waals surface area contributed by atoms with Crippen molar-refractivity contribution in [3.05, 3.63) is 207 Å². The Morgan fingerprint density at radius 3 is 1.67 bits per heavy atom. The molecule has 1 saturated carbocycles. The molecule has 8 heteroatoms. The maximum absolute atomic E-state index is 5.05. The van der Waals surface area contributed by atoms with E-state index >= 15 is 0 Å². The van der Waals surface area contributed by atoms with E-state index in [9.17, 15) is 0 Å². The monoisotopic (exact) mass is 1050 g/mol. The summed E-state index contributed by atoms with van der Waals surface area (Å²) in [4.78, 5) is 18.2. The number of benzene rings is 6. The van der Waals surface area contributed by atoms with Crippen molar-refractivity contribution in [1.82, 2.24) is 24.3 Å². The molecule has 0 radical (unpaired) electrons. The number of pyridine rings is 1. The maximum atomic E-state index is 5.05. The first-order valence-electron chi connectivity index (χ1n) is 22.9. The predicted octanol–water partition coefficient (Wildman–Crippen LogP) is 14.0. The van der Waals surface area contributed by atoms with Gasteiger partial charge in [0, 0.05) is 7.05 Å². The molecule has 67 heavy (non-hydrogen) atoms. The van der Waals surface area contributed by atoms with E-state index in [0.717, 1.165) is 56.3 Å². The van der Waals surface area contributed by atoms with Gasteiger partial charge in [0.25, 0.3) is 0 Å². The molecule has 4 heterocycles. The molecule has 1 aliphatic carbocycles. The minimum absolute atomic E-state index is 0. The second-order valence-electron chi connectivity index (χ2n) is 18.5. The van der Waals surface area contributed by atoms with Crippen molar-refractivity contribution in [2.24, 2.45) is 12.5 Å². The standard InChI is InChI=1S/C33H32N3.C26H23N4.Os/c1-33(2)19-17-25(18-20-33)23-13-15-24(16-14-23)27-21-29(26-9-5-4-6-10-26)34-30(22-27)32-35-28-11-7-8-12-31(28)36(32)3;1-27-12-14-29(19-27)25-16-24(17-26(18-25)30-15-13-28(2)20-30)23-10-8-22(9-11-23)21-6-4-3-5-7-21;/h4-9,11-16,21-22,25H,17-20H2,1-3H3;3-17,19-20H,1-2H3;/q-1;-3;+4. The molecule has 0 unspecified atom stereocenters. The van der Waals surface area contributed by atoms with E-state index < -0.39 is 0 Å². The number of hydrogen-bond acceptors (Lipinski definition) is 6. The molecule has 0 spiro atoms. The van der Waals surface area contributed by atoms with Gasteiger partial charge < -0.3 is 24.2 Å². The first-order chi connectivity index (χ1) is 32.1. The smallest absolute Gasteiger partial charge is 0.510 e. The van der Waals surface area contributed by atoms with E-state index in [0.29, 0.717) is 11.3 Å². The van der Waals surface area contributed by atoms with Crippen molar-refractivity contribution < 1.29 is 19.8 Å². The number of imidazole rings is 1. The average Bonchev–Trinajstić information content (AvgIpc) is 4.10. The topological polar surface area (TPSA) is 43.7 Å². The van der Waals surface area contributed by atoms with Gasteiger partial charge in [-0.3, -0.25) is 4.98 Å². The first kappa shape index (κ1) is 45.4. The third-order valence-corrected chi connectivity index (χ3v) is 13.1. The Hall–Kier alpha value is -6.74. The second kappa shape index (κ2) is 19.6. The Bertz CT molecular complexity index is 2960. The van der Waals surface area contributed by atoms with Gasteiger partial charge in [0.1, 0.15) is 0 Å². The summed E-state index contributed by atoms with van der Waals surface area (Å²) in [5.74, 6) is 1.55. The molecular formula is C59H55N7Os. The molecule has 11 rings (SSSR count). The minimum Gasteiger partial charge on any atom is -0.510 e. The van der Waals surface area contributed by atoms with Gasteiger partial charge in [0.05, 0.1) is 16.7 Å². The van der Waals surface area contributed by atoms with E-state index in [-0.39, 0.29) is 19.8 Å². The van der Waals surface area contributed by atoms with E-state index in [1.54, 1.807) is 0 Å². The molecule has 0 atom stereocenters. The molecule has 2 aromatic heterocycles. The van der Waals surface area contributed by atoms with Crippen LogP contribution in [0.4, 0.5) is 11.4 Å². The number of aryl methyl sites for hydroxylation is 1. The summed E-state index contributed by atoms with van der Waals surface area (Å²) in [6.45, 7) is 8.90. The fraction of sp³-hybridized carbons (Fsp3) is 0.186. The summed E-state index contributed by atoms with van der Waals surface area (Å²) in [6, 6.07) is 60.4. The summed E-state index contributed by atoms with van der Waals surface area (Å²) in [5, 5.41) is 0. The molecule has 1 fully saturated rings. The van der Waals surface area contributed by atoms with Crippen molar-refractivity contribution in [3.8, 4) is 56.2 Å². The third-order valence-electron chi connectivity index (χ3n) is 13.1. The van der Waals surface area contributed by atoms with E-state index in [2.05, 4.69) is 169 Å². The fourth-order valence-corrected chi connectivity index (χ4v) is 9.21. The number of rotatable bonds is 8.